The molecule has 3 N–H and O–H groups in total. The third-order valence-corrected chi connectivity index (χ3v) is 13.4. The summed E-state index contributed by atoms with van der Waals surface area (Å²) in [7, 11) is 0. The van der Waals surface area contributed by atoms with Gasteiger partial charge in [-0.3, -0.25) is 9.59 Å². The first-order chi connectivity index (χ1) is 16.0. The van der Waals surface area contributed by atoms with E-state index in [0.717, 1.165) is 32.1 Å². The van der Waals surface area contributed by atoms with Crippen LogP contribution in [0.1, 0.15) is 106 Å². The van der Waals surface area contributed by atoms with Crippen molar-refractivity contribution >= 4 is 11.8 Å². The highest BCUT2D eigenvalue weighted by Crippen LogP contribution is 2.76. The summed E-state index contributed by atoms with van der Waals surface area (Å²) >= 11 is 0. The van der Waals surface area contributed by atoms with Gasteiger partial charge in [-0.1, -0.05) is 48.5 Å². The number of carboxylic acid groups (broad SMARTS) is 1. The van der Waals surface area contributed by atoms with E-state index in [-0.39, 0.29) is 51.3 Å². The Labute approximate surface area is 211 Å². The predicted octanol–water partition coefficient (Wildman–Crippen LogP) is 5.46. The summed E-state index contributed by atoms with van der Waals surface area (Å²) in [5.41, 5.74) is -2.06. The van der Waals surface area contributed by atoms with E-state index in [1.54, 1.807) is 0 Å². The average molecular weight is 489 g/mol. The molecule has 0 radical (unpaired) electrons. The zero-order chi connectivity index (χ0) is 26.0. The van der Waals surface area contributed by atoms with Gasteiger partial charge in [-0.2, -0.15) is 0 Å². The van der Waals surface area contributed by atoms with Crippen molar-refractivity contribution in [3.63, 3.8) is 0 Å². The maximum Gasteiger partial charge on any atom is 0.312 e. The summed E-state index contributed by atoms with van der Waals surface area (Å²) in [4.78, 5) is 27.1. The van der Waals surface area contributed by atoms with Crippen LogP contribution >= 0.6 is 0 Å². The predicted molar refractivity (Wildman–Crippen MR) is 134 cm³/mol. The first-order valence-corrected chi connectivity index (χ1v) is 14.1. The number of hydrogen-bond donors (Lipinski definition) is 3. The van der Waals surface area contributed by atoms with Crippen LogP contribution in [0.5, 0.6) is 0 Å². The van der Waals surface area contributed by atoms with Gasteiger partial charge >= 0.3 is 5.97 Å². The molecule has 5 aliphatic carbocycles. The molecule has 0 bridgehead atoms. The van der Waals surface area contributed by atoms with E-state index >= 15 is 0 Å². The maximum atomic E-state index is 14.3. The molecule has 35 heavy (non-hydrogen) atoms. The smallest absolute Gasteiger partial charge is 0.312 e. The van der Waals surface area contributed by atoms with Crippen LogP contribution in [0, 0.1) is 56.2 Å². The Balaban J connectivity index is 1.63. The Morgan fingerprint density at radius 1 is 0.800 bits per heavy atom. The van der Waals surface area contributed by atoms with Gasteiger partial charge in [0, 0.05) is 12.3 Å². The number of hydrogen-bond acceptors (Lipinski definition) is 4. The highest BCUT2D eigenvalue weighted by atomic mass is 16.4. The van der Waals surface area contributed by atoms with Crippen LogP contribution in [0.3, 0.4) is 0 Å². The molecule has 0 spiro atoms. The van der Waals surface area contributed by atoms with Gasteiger partial charge in [-0.05, 0) is 96.2 Å². The van der Waals surface area contributed by atoms with Crippen LogP contribution in [-0.4, -0.2) is 39.3 Å². The largest absolute Gasteiger partial charge is 0.481 e. The van der Waals surface area contributed by atoms with Crippen molar-refractivity contribution in [1.29, 1.82) is 0 Å². The van der Waals surface area contributed by atoms with E-state index in [1.165, 1.54) is 0 Å². The Morgan fingerprint density at radius 2 is 1.46 bits per heavy atom. The van der Waals surface area contributed by atoms with Crippen LogP contribution < -0.4 is 0 Å². The molecule has 0 heterocycles. The highest BCUT2D eigenvalue weighted by Gasteiger charge is 2.74. The minimum atomic E-state index is -1.21. The van der Waals surface area contributed by atoms with Crippen LogP contribution in [0.2, 0.25) is 0 Å². The molecule has 198 valence electrons. The Kier molecular flexibility index (Phi) is 5.39. The third kappa shape index (κ3) is 3.00. The summed E-state index contributed by atoms with van der Waals surface area (Å²) in [6.07, 6.45) is 5.24. The van der Waals surface area contributed by atoms with Crippen molar-refractivity contribution in [2.45, 2.75) is 118 Å². The average Bonchev–Trinajstić information content (AvgIpc) is 2.72. The lowest BCUT2D eigenvalue weighted by Gasteiger charge is -2.73. The molecule has 5 rings (SSSR count). The maximum absolute atomic E-state index is 14.3. The number of fused-ring (bicyclic) bond motifs is 7. The molecule has 0 aromatic carbocycles. The van der Waals surface area contributed by atoms with E-state index in [1.807, 2.05) is 0 Å². The Bertz CT molecular complexity index is 939. The summed E-state index contributed by atoms with van der Waals surface area (Å²) in [5.74, 6) is -0.768. The molecule has 0 aliphatic heterocycles. The normalized spacial score (nSPS) is 54.6. The van der Waals surface area contributed by atoms with E-state index in [0.29, 0.717) is 31.6 Å². The molecule has 10 atom stereocenters. The minimum Gasteiger partial charge on any atom is -0.481 e. The fourth-order valence-corrected chi connectivity index (χ4v) is 11.2. The first-order valence-electron chi connectivity index (χ1n) is 14.1. The van der Waals surface area contributed by atoms with Gasteiger partial charge in [0.15, 0.2) is 0 Å². The van der Waals surface area contributed by atoms with E-state index < -0.39 is 22.9 Å². The topological polar surface area (TPSA) is 94.8 Å². The zero-order valence-corrected chi connectivity index (χ0v) is 23.0. The lowest BCUT2D eigenvalue weighted by Crippen LogP contribution is -2.72. The number of carbonyl (C=O) groups is 2. The van der Waals surface area contributed by atoms with Crippen molar-refractivity contribution in [3.05, 3.63) is 0 Å². The van der Waals surface area contributed by atoms with Gasteiger partial charge in [0.2, 0.25) is 0 Å². The zero-order valence-electron chi connectivity index (χ0n) is 23.0. The van der Waals surface area contributed by atoms with Crippen molar-refractivity contribution in [2.24, 2.45) is 56.2 Å². The molecule has 5 heteroatoms. The van der Waals surface area contributed by atoms with Gasteiger partial charge in [-0.15, -0.1) is 0 Å². The molecule has 0 aromatic rings. The van der Waals surface area contributed by atoms with Crippen LogP contribution in [0.25, 0.3) is 0 Å². The molecule has 0 amide bonds. The Morgan fingerprint density at radius 3 is 2.09 bits per heavy atom. The lowest BCUT2D eigenvalue weighted by atomic mass is 9.31. The Hall–Kier alpha value is -0.940. The number of rotatable bonds is 1. The van der Waals surface area contributed by atoms with E-state index in [9.17, 15) is 24.9 Å². The van der Waals surface area contributed by atoms with Crippen LogP contribution in [0.4, 0.5) is 0 Å². The summed E-state index contributed by atoms with van der Waals surface area (Å²) in [6.45, 7) is 15.7. The highest BCUT2D eigenvalue weighted by molar-refractivity contribution is 5.86. The standard InChI is InChI=1S/C30H48O5/c1-25(2)12-13-30(24(34)35)17(15-25)23-18(31)14-20-27(5)10-9-21(32)26(3,4)19(27)8-11-28(20,6)29(23,7)16-22(30)33/h17,19-23,32-33H,8-16H2,1-7H3,(H,34,35)/t17-,19-,20+,21-,22+,23?,27-,28+,29+,30+/m0/s1. The van der Waals surface area contributed by atoms with Crippen molar-refractivity contribution in [2.75, 3.05) is 0 Å². The van der Waals surface area contributed by atoms with Gasteiger partial charge in [0.05, 0.1) is 17.6 Å². The van der Waals surface area contributed by atoms with E-state index in [2.05, 4.69) is 48.5 Å². The van der Waals surface area contributed by atoms with Gasteiger partial charge in [0.25, 0.3) is 0 Å². The van der Waals surface area contributed by atoms with Crippen LogP contribution in [0.15, 0.2) is 0 Å². The third-order valence-electron chi connectivity index (χ3n) is 13.4. The fraction of sp³-hybridized carbons (Fsp3) is 0.933. The first kappa shape index (κ1) is 25.7. The monoisotopic (exact) mass is 488 g/mol. The fourth-order valence-electron chi connectivity index (χ4n) is 11.2. The number of ketones is 1. The SMILES string of the molecule is CC1(C)CC[C@]2(C(=O)O)[C@H](O)C[C@]3(C)C(C(=O)C[C@@H]4[C@@]5(C)CC[C@H](O)C(C)(C)[C@@H]5CC[C@]43C)[C@@H]2C1. The van der Waals surface area contributed by atoms with Crippen molar-refractivity contribution < 1.29 is 24.9 Å². The number of aliphatic hydroxyl groups is 2. The second kappa shape index (κ2) is 7.34. The minimum absolute atomic E-state index is 0.0349. The van der Waals surface area contributed by atoms with Gasteiger partial charge < -0.3 is 15.3 Å². The van der Waals surface area contributed by atoms with Crippen molar-refractivity contribution in [1.82, 2.24) is 0 Å². The molecule has 5 fully saturated rings. The number of carbonyl (C=O) groups excluding carboxylic acids is 1. The van der Waals surface area contributed by atoms with E-state index in [4.69, 9.17) is 0 Å². The number of aliphatic carboxylic acids is 1. The molecule has 5 aliphatic rings. The summed E-state index contributed by atoms with van der Waals surface area (Å²) < 4.78 is 0. The number of aliphatic hydroxyl groups excluding tert-OH is 2. The molecular weight excluding hydrogens is 440 g/mol. The van der Waals surface area contributed by atoms with Gasteiger partial charge in [0.1, 0.15) is 5.78 Å². The molecular formula is C30H48O5. The molecule has 0 aromatic heterocycles. The quantitative estimate of drug-likeness (QED) is 0.455. The number of Topliss-reactive ketones (excluding diaryl/α,β-unsaturated/α-hetero) is 1. The molecule has 1 unspecified atom stereocenters. The van der Waals surface area contributed by atoms with Gasteiger partial charge in [-0.25, -0.2) is 0 Å². The number of carboxylic acids is 1. The second-order valence-electron chi connectivity index (χ2n) is 15.5. The summed E-state index contributed by atoms with van der Waals surface area (Å²) in [5, 5.41) is 33.1. The lowest BCUT2D eigenvalue weighted by molar-refractivity contribution is -0.262. The summed E-state index contributed by atoms with van der Waals surface area (Å²) in [6, 6.07) is 0. The second-order valence-corrected chi connectivity index (χ2v) is 15.5. The molecule has 5 nitrogen and oxygen atoms in total. The van der Waals surface area contributed by atoms with Crippen molar-refractivity contribution in [3.8, 4) is 0 Å². The molecule has 5 saturated carbocycles. The molecule has 0 saturated heterocycles. The van der Waals surface area contributed by atoms with Crippen LogP contribution in [-0.2, 0) is 9.59 Å².